The van der Waals surface area contributed by atoms with Crippen molar-refractivity contribution in [2.45, 2.75) is 58.7 Å². The quantitative estimate of drug-likeness (QED) is 0.277. The van der Waals surface area contributed by atoms with E-state index in [0.29, 0.717) is 36.5 Å². The molecular formula is C26H35ClN6O2. The van der Waals surface area contributed by atoms with Gasteiger partial charge in [-0.15, -0.1) is 11.6 Å². The summed E-state index contributed by atoms with van der Waals surface area (Å²) in [5.74, 6) is 0.780. The predicted octanol–water partition coefficient (Wildman–Crippen LogP) is 3.55. The van der Waals surface area contributed by atoms with Crippen molar-refractivity contribution in [3.8, 4) is 0 Å². The van der Waals surface area contributed by atoms with Crippen molar-refractivity contribution in [2.24, 2.45) is 0 Å². The van der Waals surface area contributed by atoms with Crippen molar-refractivity contribution in [1.82, 2.24) is 24.8 Å². The maximum Gasteiger partial charge on any atom is 0.293 e. The van der Waals surface area contributed by atoms with Crippen LogP contribution in [0.1, 0.15) is 42.5 Å². The minimum absolute atomic E-state index is 0.0404. The second-order valence-electron chi connectivity index (χ2n) is 9.38. The van der Waals surface area contributed by atoms with Crippen molar-refractivity contribution in [3.05, 3.63) is 57.8 Å². The van der Waals surface area contributed by atoms with E-state index in [1.807, 2.05) is 18.3 Å². The summed E-state index contributed by atoms with van der Waals surface area (Å²) in [6.07, 6.45) is 7.99. The molecule has 3 aromatic rings. The smallest absolute Gasteiger partial charge is 0.293 e. The summed E-state index contributed by atoms with van der Waals surface area (Å²) in [5, 5.41) is 7.33. The number of halogens is 1. The molecule has 0 bridgehead atoms. The Labute approximate surface area is 211 Å². The monoisotopic (exact) mass is 498 g/mol. The lowest BCUT2D eigenvalue weighted by molar-refractivity contribution is -0.121. The molecule has 4 rings (SSSR count). The highest BCUT2D eigenvalue weighted by Crippen LogP contribution is 2.19. The fraction of sp³-hybridized carbons (Fsp3) is 0.500. The van der Waals surface area contributed by atoms with Crippen molar-refractivity contribution in [3.63, 3.8) is 0 Å². The van der Waals surface area contributed by atoms with Crippen LogP contribution in [-0.2, 0) is 17.9 Å². The summed E-state index contributed by atoms with van der Waals surface area (Å²) in [6.45, 7) is 6.99. The summed E-state index contributed by atoms with van der Waals surface area (Å²) in [4.78, 5) is 35.8. The molecule has 0 unspecified atom stereocenters. The lowest BCUT2D eigenvalue weighted by Crippen LogP contribution is -2.38. The number of rotatable bonds is 11. The molecule has 2 aromatic heterocycles. The highest BCUT2D eigenvalue weighted by Gasteiger charge is 2.24. The molecule has 0 aliphatic carbocycles. The maximum atomic E-state index is 13.1. The zero-order valence-corrected chi connectivity index (χ0v) is 21.3. The molecule has 35 heavy (non-hydrogen) atoms. The normalized spacial score (nSPS) is 16.1. The van der Waals surface area contributed by atoms with Gasteiger partial charge in [0.25, 0.3) is 5.56 Å². The molecule has 1 saturated heterocycles. The van der Waals surface area contributed by atoms with Crippen molar-refractivity contribution >= 4 is 34.2 Å². The Morgan fingerprint density at radius 1 is 1.29 bits per heavy atom. The van der Waals surface area contributed by atoms with Gasteiger partial charge < -0.3 is 15.6 Å². The minimum atomic E-state index is -0.267. The first-order chi connectivity index (χ1) is 17.0. The fourth-order valence-corrected chi connectivity index (χ4v) is 4.94. The molecule has 8 nitrogen and oxygen atoms in total. The van der Waals surface area contributed by atoms with Gasteiger partial charge in [-0.2, -0.15) is 0 Å². The van der Waals surface area contributed by atoms with Crippen LogP contribution in [0.15, 0.2) is 35.4 Å². The molecule has 1 fully saturated rings. The molecule has 1 aliphatic rings. The fourth-order valence-electron chi connectivity index (χ4n) is 4.75. The number of likely N-dealkylation sites (tertiary alicyclic amines) is 1. The van der Waals surface area contributed by atoms with E-state index in [9.17, 15) is 9.59 Å². The van der Waals surface area contributed by atoms with E-state index in [4.69, 9.17) is 11.6 Å². The van der Waals surface area contributed by atoms with Crippen LogP contribution >= 0.6 is 11.6 Å². The number of unbranched alkanes of at least 4 members (excludes halogenated alkanes) is 1. The third kappa shape index (κ3) is 6.24. The topological polar surface area (TPSA) is 95.0 Å². The number of carbonyl (C=O) groups is 1. The second kappa shape index (κ2) is 11.7. The first-order valence-electron chi connectivity index (χ1n) is 12.4. The Bertz CT molecular complexity index is 1220. The average molecular weight is 499 g/mol. The molecule has 0 saturated carbocycles. The molecule has 0 radical (unpaired) electrons. The zero-order chi connectivity index (χ0) is 24.8. The second-order valence-corrected chi connectivity index (χ2v) is 9.75. The van der Waals surface area contributed by atoms with Gasteiger partial charge in [0.1, 0.15) is 6.54 Å². The number of alkyl halides is 1. The molecule has 9 heteroatoms. The number of carbonyl (C=O) groups excluding carboxylic acids is 1. The minimum Gasteiger partial charge on any atom is -0.364 e. The number of H-pyrrole nitrogens is 1. The van der Waals surface area contributed by atoms with Gasteiger partial charge in [0.15, 0.2) is 5.82 Å². The van der Waals surface area contributed by atoms with Crippen molar-refractivity contribution in [2.75, 3.05) is 30.8 Å². The third-order valence-electron chi connectivity index (χ3n) is 6.83. The lowest BCUT2D eigenvalue weighted by atomic mass is 10.1. The third-order valence-corrected chi connectivity index (χ3v) is 7.10. The number of fused-ring (bicyclic) bond motifs is 1. The Morgan fingerprint density at radius 3 is 2.97 bits per heavy atom. The van der Waals surface area contributed by atoms with Gasteiger partial charge in [0, 0.05) is 54.0 Å². The predicted molar refractivity (Wildman–Crippen MR) is 141 cm³/mol. The zero-order valence-electron chi connectivity index (χ0n) is 20.6. The van der Waals surface area contributed by atoms with Gasteiger partial charge >= 0.3 is 0 Å². The highest BCUT2D eigenvalue weighted by molar-refractivity contribution is 6.17. The van der Waals surface area contributed by atoms with E-state index in [1.54, 1.807) is 13.1 Å². The number of benzene rings is 1. The molecule has 3 heterocycles. The van der Waals surface area contributed by atoms with Crippen LogP contribution < -0.4 is 16.2 Å². The number of aromatic amines is 1. The molecule has 1 aromatic carbocycles. The van der Waals surface area contributed by atoms with Crippen molar-refractivity contribution in [1.29, 1.82) is 0 Å². The van der Waals surface area contributed by atoms with Gasteiger partial charge in [-0.25, -0.2) is 4.98 Å². The van der Waals surface area contributed by atoms with Gasteiger partial charge in [-0.3, -0.25) is 19.1 Å². The molecule has 188 valence electrons. The molecule has 0 spiro atoms. The number of hydrogen-bond acceptors (Lipinski definition) is 5. The van der Waals surface area contributed by atoms with Gasteiger partial charge in [0.05, 0.1) is 0 Å². The molecule has 3 N–H and O–H groups in total. The van der Waals surface area contributed by atoms with Crippen LogP contribution in [0.2, 0.25) is 0 Å². The van der Waals surface area contributed by atoms with Gasteiger partial charge in [-0.05, 0) is 75.9 Å². The maximum absolute atomic E-state index is 13.1. The molecule has 1 aliphatic heterocycles. The first-order valence-corrected chi connectivity index (χ1v) is 12.9. The lowest BCUT2D eigenvalue weighted by Gasteiger charge is -2.24. The first kappa shape index (κ1) is 25.3. The van der Waals surface area contributed by atoms with E-state index in [-0.39, 0.29) is 18.0 Å². The molecule has 1 amide bonds. The van der Waals surface area contributed by atoms with Crippen LogP contribution in [0.25, 0.3) is 10.9 Å². The SMILES string of the molecule is Cc1c[nH]c2ccc(CNC(=O)Cn3c(C)cnc(NC[C@@H]4CCCN4CCCCCl)c3=O)cc12. The van der Waals surface area contributed by atoms with Crippen LogP contribution in [-0.4, -0.2) is 56.9 Å². The Hall–Kier alpha value is -2.84. The number of nitrogens with one attached hydrogen (secondary N) is 3. The van der Waals surface area contributed by atoms with Crippen LogP contribution in [0.3, 0.4) is 0 Å². The largest absolute Gasteiger partial charge is 0.364 e. The summed E-state index contributed by atoms with van der Waals surface area (Å²) in [7, 11) is 0. The van der Waals surface area contributed by atoms with Gasteiger partial charge in [-0.1, -0.05) is 6.07 Å². The van der Waals surface area contributed by atoms with E-state index in [2.05, 4.69) is 38.5 Å². The van der Waals surface area contributed by atoms with Crippen LogP contribution in [0.5, 0.6) is 0 Å². The summed E-state index contributed by atoms with van der Waals surface area (Å²) in [5.41, 5.74) is 3.65. The highest BCUT2D eigenvalue weighted by atomic mass is 35.5. The number of aromatic nitrogens is 3. The number of nitrogens with zero attached hydrogens (tertiary/aromatic N) is 3. The number of amides is 1. The van der Waals surface area contributed by atoms with Crippen molar-refractivity contribution < 1.29 is 4.79 Å². The molecule has 1 atom stereocenters. The van der Waals surface area contributed by atoms with E-state index < -0.39 is 0 Å². The summed E-state index contributed by atoms with van der Waals surface area (Å²) in [6, 6.07) is 6.47. The summed E-state index contributed by atoms with van der Waals surface area (Å²) >= 11 is 5.81. The van der Waals surface area contributed by atoms with E-state index in [0.717, 1.165) is 55.2 Å². The molecular weight excluding hydrogens is 464 g/mol. The Morgan fingerprint density at radius 2 is 2.14 bits per heavy atom. The van der Waals surface area contributed by atoms with E-state index in [1.165, 1.54) is 10.1 Å². The van der Waals surface area contributed by atoms with E-state index >= 15 is 0 Å². The van der Waals surface area contributed by atoms with Crippen LogP contribution in [0, 0.1) is 13.8 Å². The standard InChI is InChI=1S/C26H35ClN6O2/c1-18-13-28-23-8-7-20(12-22(18)23)15-29-24(34)17-33-19(2)14-30-25(26(33)35)31-16-21-6-5-11-32(21)10-4-3-9-27/h7-8,12-14,21,28H,3-6,9-11,15-17H2,1-2H3,(H,29,34)(H,30,31)/t21-/m0/s1. The number of anilines is 1. The summed E-state index contributed by atoms with van der Waals surface area (Å²) < 4.78 is 1.48. The Kier molecular flexibility index (Phi) is 8.46. The average Bonchev–Trinajstić information content (AvgIpc) is 3.46. The number of aryl methyl sites for hydroxylation is 2. The Balaban J connectivity index is 1.35. The van der Waals surface area contributed by atoms with Gasteiger partial charge in [0.2, 0.25) is 5.91 Å². The van der Waals surface area contributed by atoms with Crippen LogP contribution in [0.4, 0.5) is 5.82 Å². The number of hydrogen-bond donors (Lipinski definition) is 3.